The lowest BCUT2D eigenvalue weighted by molar-refractivity contribution is 0.583. The number of rotatable bonds is 6. The lowest BCUT2D eigenvalue weighted by Gasteiger charge is -2.15. The Labute approximate surface area is 144 Å². The van der Waals surface area contributed by atoms with Gasteiger partial charge in [-0.3, -0.25) is 0 Å². The first-order valence-electron chi connectivity index (χ1n) is 6.95. The van der Waals surface area contributed by atoms with E-state index in [0.717, 1.165) is 16.0 Å². The molecule has 2 heterocycles. The van der Waals surface area contributed by atoms with Crippen LogP contribution in [0.2, 0.25) is 0 Å². The molecule has 1 atom stereocenters. The smallest absolute Gasteiger partial charge is 0.208 e. The fourth-order valence-electron chi connectivity index (χ4n) is 2.12. The van der Waals surface area contributed by atoms with E-state index in [9.17, 15) is 8.42 Å². The third kappa shape index (κ3) is 4.39. The van der Waals surface area contributed by atoms with Crippen molar-refractivity contribution < 1.29 is 8.42 Å². The Balaban J connectivity index is 1.83. The molecule has 0 spiro atoms. The zero-order valence-electron chi connectivity index (χ0n) is 12.1. The zero-order chi connectivity index (χ0) is 16.1. The van der Waals surface area contributed by atoms with Crippen LogP contribution in [0.1, 0.15) is 22.0 Å². The number of hydrogen-bond donors (Lipinski definition) is 1. The average molecular weight is 362 g/mol. The summed E-state index contributed by atoms with van der Waals surface area (Å²) in [6.07, 6.45) is 1.60. The molecule has 0 saturated heterocycles. The van der Waals surface area contributed by atoms with Gasteiger partial charge in [-0.15, -0.1) is 11.3 Å². The van der Waals surface area contributed by atoms with E-state index < -0.39 is 10.0 Å². The Kier molecular flexibility index (Phi) is 5.07. The zero-order valence-corrected chi connectivity index (χ0v) is 14.6. The van der Waals surface area contributed by atoms with Crippen molar-refractivity contribution in [2.45, 2.75) is 6.04 Å². The molecule has 23 heavy (non-hydrogen) atoms. The second-order valence-corrected chi connectivity index (χ2v) is 8.24. The first-order chi connectivity index (χ1) is 11.1. The molecule has 2 aromatic heterocycles. The molecule has 6 heteroatoms. The Hall–Kier alpha value is -1.73. The Bertz CT molecular complexity index is 818. The first kappa shape index (κ1) is 16.1. The minimum Gasteiger partial charge on any atom is -0.208 e. The predicted octanol–water partition coefficient (Wildman–Crippen LogP) is 4.49. The number of benzene rings is 1. The largest absolute Gasteiger partial charge is 0.234 e. The fraction of sp³-hybridized carbons (Fsp3) is 0.0588. The standard InChI is InChI=1S/C17H15NO2S3/c19-23(20,12-9-14-5-2-1-3-6-14)18-17(15-8-11-21-13-15)16-7-4-10-22-16/h1-13,17-18H/b12-9+/t17-/m1/s1. The van der Waals surface area contributed by atoms with Crippen LogP contribution in [0.3, 0.4) is 0 Å². The van der Waals surface area contributed by atoms with Crippen LogP contribution in [0.25, 0.3) is 6.08 Å². The first-order valence-corrected chi connectivity index (χ1v) is 10.3. The van der Waals surface area contributed by atoms with Crippen molar-refractivity contribution in [3.05, 3.63) is 86.1 Å². The van der Waals surface area contributed by atoms with Crippen molar-refractivity contribution in [1.29, 1.82) is 0 Å². The van der Waals surface area contributed by atoms with Gasteiger partial charge in [0, 0.05) is 10.3 Å². The van der Waals surface area contributed by atoms with Gasteiger partial charge in [-0.05, 0) is 45.5 Å². The molecule has 3 rings (SSSR count). The molecule has 0 radical (unpaired) electrons. The lowest BCUT2D eigenvalue weighted by atomic mass is 10.1. The predicted molar refractivity (Wildman–Crippen MR) is 98.0 cm³/mol. The van der Waals surface area contributed by atoms with Crippen LogP contribution in [-0.2, 0) is 10.0 Å². The van der Waals surface area contributed by atoms with Gasteiger partial charge < -0.3 is 0 Å². The molecular weight excluding hydrogens is 346 g/mol. The van der Waals surface area contributed by atoms with E-state index in [1.807, 2.05) is 64.7 Å². The van der Waals surface area contributed by atoms with E-state index in [4.69, 9.17) is 0 Å². The minimum absolute atomic E-state index is 0.355. The number of thiophene rings is 2. The summed E-state index contributed by atoms with van der Waals surface area (Å²) in [5.74, 6) is 0. The second kappa shape index (κ2) is 7.23. The van der Waals surface area contributed by atoms with Gasteiger partial charge in [0.05, 0.1) is 6.04 Å². The third-order valence-corrected chi connectivity index (χ3v) is 5.92. The Morgan fingerprint density at radius 1 is 1.00 bits per heavy atom. The van der Waals surface area contributed by atoms with E-state index in [0.29, 0.717) is 0 Å². The molecule has 3 aromatic rings. The van der Waals surface area contributed by atoms with Crippen LogP contribution in [0.4, 0.5) is 0 Å². The Morgan fingerprint density at radius 3 is 2.48 bits per heavy atom. The number of hydrogen-bond acceptors (Lipinski definition) is 4. The lowest BCUT2D eigenvalue weighted by Crippen LogP contribution is -2.26. The third-order valence-electron chi connectivity index (χ3n) is 3.23. The highest BCUT2D eigenvalue weighted by Gasteiger charge is 2.20. The monoisotopic (exact) mass is 361 g/mol. The molecule has 0 aliphatic heterocycles. The summed E-state index contributed by atoms with van der Waals surface area (Å²) in [7, 11) is -3.55. The molecule has 1 aromatic carbocycles. The van der Waals surface area contributed by atoms with Crippen LogP contribution in [-0.4, -0.2) is 8.42 Å². The van der Waals surface area contributed by atoms with Gasteiger partial charge in [0.25, 0.3) is 0 Å². The van der Waals surface area contributed by atoms with Gasteiger partial charge in [-0.2, -0.15) is 16.1 Å². The number of sulfonamides is 1. The molecule has 0 bridgehead atoms. The van der Waals surface area contributed by atoms with Gasteiger partial charge in [-0.25, -0.2) is 8.42 Å². The minimum atomic E-state index is -3.55. The maximum Gasteiger partial charge on any atom is 0.234 e. The fourth-order valence-corrected chi connectivity index (χ4v) is 4.69. The summed E-state index contributed by atoms with van der Waals surface area (Å²) in [5, 5.41) is 7.08. The SMILES string of the molecule is O=S(=O)(/C=C/c1ccccc1)N[C@H](c1ccsc1)c1cccs1. The van der Waals surface area contributed by atoms with Gasteiger partial charge >= 0.3 is 0 Å². The van der Waals surface area contributed by atoms with Crippen LogP contribution >= 0.6 is 22.7 Å². The van der Waals surface area contributed by atoms with Gasteiger partial charge in [0.1, 0.15) is 0 Å². The molecule has 0 aliphatic rings. The second-order valence-electron chi connectivity index (χ2n) is 4.88. The summed E-state index contributed by atoms with van der Waals surface area (Å²) in [4.78, 5) is 0.972. The van der Waals surface area contributed by atoms with E-state index in [1.165, 1.54) is 16.7 Å². The molecule has 0 amide bonds. The van der Waals surface area contributed by atoms with E-state index >= 15 is 0 Å². The molecule has 0 unspecified atom stereocenters. The van der Waals surface area contributed by atoms with Crippen LogP contribution in [0, 0.1) is 0 Å². The molecular formula is C17H15NO2S3. The van der Waals surface area contributed by atoms with Crippen molar-refractivity contribution >= 4 is 38.8 Å². The van der Waals surface area contributed by atoms with Crippen molar-refractivity contribution in [1.82, 2.24) is 4.72 Å². The van der Waals surface area contributed by atoms with Gasteiger partial charge in [0.15, 0.2) is 0 Å². The van der Waals surface area contributed by atoms with Gasteiger partial charge in [0.2, 0.25) is 10.0 Å². The van der Waals surface area contributed by atoms with Crippen LogP contribution < -0.4 is 4.72 Å². The summed E-state index contributed by atoms with van der Waals surface area (Å²) in [6.45, 7) is 0. The van der Waals surface area contributed by atoms with Crippen LogP contribution in [0.5, 0.6) is 0 Å². The molecule has 118 valence electrons. The molecule has 0 fully saturated rings. The van der Waals surface area contributed by atoms with Crippen molar-refractivity contribution in [2.24, 2.45) is 0 Å². The summed E-state index contributed by atoms with van der Waals surface area (Å²) in [6, 6.07) is 14.8. The summed E-state index contributed by atoms with van der Waals surface area (Å²) < 4.78 is 27.6. The maximum absolute atomic E-state index is 12.4. The van der Waals surface area contributed by atoms with Crippen molar-refractivity contribution in [3.8, 4) is 0 Å². The molecule has 1 N–H and O–H groups in total. The quantitative estimate of drug-likeness (QED) is 0.703. The topological polar surface area (TPSA) is 46.2 Å². The average Bonchev–Trinajstić information content (AvgIpc) is 3.25. The number of nitrogens with one attached hydrogen (secondary N) is 1. The normalized spacial score (nSPS) is 13.4. The molecule has 3 nitrogen and oxygen atoms in total. The molecule has 0 aliphatic carbocycles. The van der Waals surface area contributed by atoms with Crippen molar-refractivity contribution in [2.75, 3.05) is 0 Å². The summed E-state index contributed by atoms with van der Waals surface area (Å²) in [5.41, 5.74) is 1.80. The highest BCUT2D eigenvalue weighted by atomic mass is 32.2. The highest BCUT2D eigenvalue weighted by molar-refractivity contribution is 7.92. The Morgan fingerprint density at radius 2 is 1.83 bits per heavy atom. The maximum atomic E-state index is 12.4. The van der Waals surface area contributed by atoms with E-state index in [2.05, 4.69) is 4.72 Å². The van der Waals surface area contributed by atoms with E-state index in [-0.39, 0.29) is 6.04 Å². The molecule has 0 saturated carbocycles. The van der Waals surface area contributed by atoms with Crippen molar-refractivity contribution in [3.63, 3.8) is 0 Å². The van der Waals surface area contributed by atoms with Crippen LogP contribution in [0.15, 0.2) is 70.1 Å². The highest BCUT2D eigenvalue weighted by Crippen LogP contribution is 2.28. The summed E-state index contributed by atoms with van der Waals surface area (Å²) >= 11 is 3.09. The van der Waals surface area contributed by atoms with E-state index in [1.54, 1.807) is 17.4 Å². The van der Waals surface area contributed by atoms with Gasteiger partial charge in [-0.1, -0.05) is 36.4 Å².